The van der Waals surface area contributed by atoms with Gasteiger partial charge < -0.3 is 14.9 Å². The SMILES string of the molecule is CC(=O)N1CCCCCCCN(CC(C)C)Cc2cc(C(=O)N3CCC(O)CC3)ccc21. The maximum atomic E-state index is 13.2. The van der Waals surface area contributed by atoms with Crippen LogP contribution in [0.4, 0.5) is 5.69 Å². The molecule has 1 saturated heterocycles. The monoisotopic (exact) mass is 443 g/mol. The van der Waals surface area contributed by atoms with Crippen LogP contribution < -0.4 is 4.90 Å². The van der Waals surface area contributed by atoms with E-state index >= 15 is 0 Å². The average molecular weight is 444 g/mol. The number of rotatable bonds is 3. The number of carbonyl (C=O) groups is 2. The van der Waals surface area contributed by atoms with Gasteiger partial charge in [0.1, 0.15) is 0 Å². The van der Waals surface area contributed by atoms with E-state index in [1.54, 1.807) is 6.92 Å². The second kappa shape index (κ2) is 11.8. The van der Waals surface area contributed by atoms with E-state index in [1.165, 1.54) is 19.3 Å². The predicted molar refractivity (Wildman–Crippen MR) is 129 cm³/mol. The van der Waals surface area contributed by atoms with Gasteiger partial charge in [-0.1, -0.05) is 33.1 Å². The number of nitrogens with zero attached hydrogens (tertiary/aromatic N) is 3. The molecule has 0 aliphatic carbocycles. The second-order valence-electron chi connectivity index (χ2n) is 9.93. The summed E-state index contributed by atoms with van der Waals surface area (Å²) in [6.07, 6.45) is 6.74. The Morgan fingerprint density at radius 3 is 2.31 bits per heavy atom. The number of aliphatic hydroxyl groups is 1. The minimum Gasteiger partial charge on any atom is -0.393 e. The number of carbonyl (C=O) groups excluding carboxylic acids is 2. The normalized spacial score (nSPS) is 19.9. The van der Waals surface area contributed by atoms with E-state index in [0.717, 1.165) is 50.3 Å². The van der Waals surface area contributed by atoms with Crippen molar-refractivity contribution in [1.82, 2.24) is 9.80 Å². The van der Waals surface area contributed by atoms with Crippen molar-refractivity contribution in [2.24, 2.45) is 5.92 Å². The van der Waals surface area contributed by atoms with Crippen molar-refractivity contribution in [1.29, 1.82) is 0 Å². The number of aliphatic hydroxyl groups excluding tert-OH is 1. The summed E-state index contributed by atoms with van der Waals surface area (Å²) in [5, 5.41) is 9.79. The summed E-state index contributed by atoms with van der Waals surface area (Å²) < 4.78 is 0. The van der Waals surface area contributed by atoms with Crippen LogP contribution in [0.5, 0.6) is 0 Å². The van der Waals surface area contributed by atoms with Gasteiger partial charge in [0.05, 0.1) is 6.10 Å². The summed E-state index contributed by atoms with van der Waals surface area (Å²) in [7, 11) is 0. The van der Waals surface area contributed by atoms with Crippen molar-refractivity contribution in [3.05, 3.63) is 29.3 Å². The molecule has 1 aromatic carbocycles. The third kappa shape index (κ3) is 6.79. The molecule has 0 unspecified atom stereocenters. The third-order valence-corrected chi connectivity index (χ3v) is 6.62. The quantitative estimate of drug-likeness (QED) is 0.765. The average Bonchev–Trinajstić information content (AvgIpc) is 2.74. The molecule has 2 aliphatic rings. The Hall–Kier alpha value is -1.92. The molecule has 2 heterocycles. The minimum atomic E-state index is -0.302. The van der Waals surface area contributed by atoms with Crippen LogP contribution in [0.25, 0.3) is 0 Å². The highest BCUT2D eigenvalue weighted by Gasteiger charge is 2.25. The zero-order valence-electron chi connectivity index (χ0n) is 20.2. The van der Waals surface area contributed by atoms with Crippen molar-refractivity contribution in [2.75, 3.05) is 37.6 Å². The molecule has 0 spiro atoms. The zero-order valence-corrected chi connectivity index (χ0v) is 20.2. The van der Waals surface area contributed by atoms with Crippen LogP contribution in [-0.4, -0.2) is 65.5 Å². The van der Waals surface area contributed by atoms with Crippen molar-refractivity contribution < 1.29 is 14.7 Å². The number of benzene rings is 1. The van der Waals surface area contributed by atoms with Crippen molar-refractivity contribution in [3.63, 3.8) is 0 Å². The van der Waals surface area contributed by atoms with Gasteiger partial charge in [-0.3, -0.25) is 14.5 Å². The van der Waals surface area contributed by atoms with Gasteiger partial charge in [-0.15, -0.1) is 0 Å². The van der Waals surface area contributed by atoms with E-state index in [4.69, 9.17) is 0 Å². The van der Waals surface area contributed by atoms with Gasteiger partial charge in [-0.05, 0) is 61.9 Å². The standard InChI is InChI=1S/C26H41N3O3/c1-20(2)18-27-13-7-5-4-6-8-14-29(21(3)30)25-10-9-22(17-23(25)19-27)26(32)28-15-11-24(31)12-16-28/h9-10,17,20,24,31H,4-8,11-16,18-19H2,1-3H3. The second-order valence-corrected chi connectivity index (χ2v) is 9.93. The molecule has 178 valence electrons. The number of likely N-dealkylation sites (tertiary alicyclic amines) is 1. The molecule has 2 aliphatic heterocycles. The van der Waals surface area contributed by atoms with E-state index in [0.29, 0.717) is 37.4 Å². The summed E-state index contributed by atoms with van der Waals surface area (Å²) in [5.74, 6) is 0.637. The van der Waals surface area contributed by atoms with Crippen LogP contribution in [-0.2, 0) is 11.3 Å². The number of hydrogen-bond acceptors (Lipinski definition) is 4. The first-order valence-electron chi connectivity index (χ1n) is 12.5. The van der Waals surface area contributed by atoms with E-state index < -0.39 is 0 Å². The maximum Gasteiger partial charge on any atom is 0.253 e. The molecule has 2 amide bonds. The number of fused-ring (bicyclic) bond motifs is 1. The van der Waals surface area contributed by atoms with Gasteiger partial charge in [-0.2, -0.15) is 0 Å². The molecule has 0 radical (unpaired) electrons. The number of amides is 2. The lowest BCUT2D eigenvalue weighted by atomic mass is 10.0. The molecule has 1 aromatic rings. The lowest BCUT2D eigenvalue weighted by Gasteiger charge is -2.31. The maximum absolute atomic E-state index is 13.2. The van der Waals surface area contributed by atoms with Crippen LogP contribution in [0.1, 0.15) is 81.6 Å². The Kier molecular flexibility index (Phi) is 9.11. The highest BCUT2D eigenvalue weighted by molar-refractivity contribution is 5.97. The van der Waals surface area contributed by atoms with E-state index in [2.05, 4.69) is 18.7 Å². The number of piperidine rings is 1. The summed E-state index contributed by atoms with van der Waals surface area (Å²) in [5.41, 5.74) is 2.68. The summed E-state index contributed by atoms with van der Waals surface area (Å²) >= 11 is 0. The molecule has 1 N–H and O–H groups in total. The first-order chi connectivity index (χ1) is 15.3. The molecule has 6 nitrogen and oxygen atoms in total. The molecule has 32 heavy (non-hydrogen) atoms. The molecule has 0 aromatic heterocycles. The molecular weight excluding hydrogens is 402 g/mol. The Balaban J connectivity index is 1.93. The fraction of sp³-hybridized carbons (Fsp3) is 0.692. The van der Waals surface area contributed by atoms with Gasteiger partial charge in [-0.25, -0.2) is 0 Å². The number of hydrogen-bond donors (Lipinski definition) is 1. The molecule has 0 atom stereocenters. The molecule has 0 saturated carbocycles. The first-order valence-corrected chi connectivity index (χ1v) is 12.5. The van der Waals surface area contributed by atoms with Crippen LogP contribution in [0.2, 0.25) is 0 Å². The topological polar surface area (TPSA) is 64.1 Å². The van der Waals surface area contributed by atoms with Gasteiger partial charge >= 0.3 is 0 Å². The summed E-state index contributed by atoms with van der Waals surface area (Å²) in [6.45, 7) is 10.8. The van der Waals surface area contributed by atoms with Crippen molar-refractivity contribution in [3.8, 4) is 0 Å². The first kappa shape index (κ1) is 24.7. The molecule has 6 heteroatoms. The molecule has 1 fully saturated rings. The van der Waals surface area contributed by atoms with Crippen molar-refractivity contribution >= 4 is 17.5 Å². The van der Waals surface area contributed by atoms with Gasteiger partial charge in [0.2, 0.25) is 5.91 Å². The lowest BCUT2D eigenvalue weighted by molar-refractivity contribution is -0.116. The molecule has 0 bridgehead atoms. The van der Waals surface area contributed by atoms with Gasteiger partial charge in [0, 0.05) is 50.9 Å². The van der Waals surface area contributed by atoms with Crippen LogP contribution in [0.15, 0.2) is 18.2 Å². The minimum absolute atomic E-state index is 0.0237. The highest BCUT2D eigenvalue weighted by Crippen LogP contribution is 2.27. The largest absolute Gasteiger partial charge is 0.393 e. The molecule has 3 rings (SSSR count). The Morgan fingerprint density at radius 1 is 1.00 bits per heavy atom. The lowest BCUT2D eigenvalue weighted by Crippen LogP contribution is -2.40. The van der Waals surface area contributed by atoms with Crippen LogP contribution >= 0.6 is 0 Å². The number of anilines is 1. The van der Waals surface area contributed by atoms with E-state index in [-0.39, 0.29) is 17.9 Å². The van der Waals surface area contributed by atoms with Crippen molar-refractivity contribution in [2.45, 2.75) is 78.4 Å². The van der Waals surface area contributed by atoms with Crippen LogP contribution in [0, 0.1) is 5.92 Å². The Labute approximate surface area is 193 Å². The molecular formula is C26H41N3O3. The smallest absolute Gasteiger partial charge is 0.253 e. The Morgan fingerprint density at radius 2 is 1.66 bits per heavy atom. The summed E-state index contributed by atoms with van der Waals surface area (Å²) in [4.78, 5) is 32.0. The van der Waals surface area contributed by atoms with E-state index in [9.17, 15) is 14.7 Å². The van der Waals surface area contributed by atoms with Gasteiger partial charge in [0.15, 0.2) is 0 Å². The fourth-order valence-corrected chi connectivity index (χ4v) is 4.94. The summed E-state index contributed by atoms with van der Waals surface area (Å²) in [6, 6.07) is 5.86. The predicted octanol–water partition coefficient (Wildman–Crippen LogP) is 4.06. The Bertz CT molecular complexity index is 772. The zero-order chi connectivity index (χ0) is 23.1. The third-order valence-electron chi connectivity index (χ3n) is 6.62. The van der Waals surface area contributed by atoms with Gasteiger partial charge in [0.25, 0.3) is 5.91 Å². The fourth-order valence-electron chi connectivity index (χ4n) is 4.94. The van der Waals surface area contributed by atoms with E-state index in [1.807, 2.05) is 28.0 Å². The van der Waals surface area contributed by atoms with Crippen LogP contribution in [0.3, 0.4) is 0 Å². The highest BCUT2D eigenvalue weighted by atomic mass is 16.3.